The molecule has 0 aliphatic heterocycles. The van der Waals surface area contributed by atoms with Crippen molar-refractivity contribution in [3.05, 3.63) is 41.3 Å². The third-order valence-electron chi connectivity index (χ3n) is 1.94. The Kier molecular flexibility index (Phi) is 3.03. The Hall–Kier alpha value is -1.60. The molecule has 0 saturated carbocycles. The van der Waals surface area contributed by atoms with Crippen molar-refractivity contribution in [1.29, 1.82) is 0 Å². The topological polar surface area (TPSA) is 74.8 Å². The molecule has 1 heterocycles. The van der Waals surface area contributed by atoms with E-state index in [-0.39, 0.29) is 15.7 Å². The predicted octanol–water partition coefficient (Wildman–Crippen LogP) is 2.00. The Balaban J connectivity index is 2.36. The van der Waals surface area contributed by atoms with Gasteiger partial charge in [-0.2, -0.15) is 13.5 Å². The number of nitrogens with zero attached hydrogens (tertiary/aromatic N) is 1. The second-order valence-corrected chi connectivity index (χ2v) is 5.21. The molecule has 0 radical (unpaired) electrons. The second-order valence-electron chi connectivity index (χ2n) is 3.15. The Morgan fingerprint density at radius 2 is 2.12 bits per heavy atom. The number of aromatic nitrogens is 2. The highest BCUT2D eigenvalue weighted by atomic mass is 35.5. The van der Waals surface area contributed by atoms with Crippen LogP contribution in [0.5, 0.6) is 0 Å². The van der Waals surface area contributed by atoms with Crippen LogP contribution in [0.4, 0.5) is 10.1 Å². The average molecular weight is 276 g/mol. The molecule has 2 N–H and O–H groups in total. The first-order valence-corrected chi connectivity index (χ1v) is 6.32. The summed E-state index contributed by atoms with van der Waals surface area (Å²) in [7, 11) is -3.83. The van der Waals surface area contributed by atoms with Crippen molar-refractivity contribution in [3.8, 4) is 0 Å². The molecule has 0 aliphatic carbocycles. The molecular formula is C9H7ClFN3O2S. The van der Waals surface area contributed by atoms with Gasteiger partial charge in [0.15, 0.2) is 5.03 Å². The normalized spacial score (nSPS) is 11.4. The lowest BCUT2D eigenvalue weighted by Gasteiger charge is -2.07. The molecule has 90 valence electrons. The molecule has 1 aromatic carbocycles. The Labute approximate surface area is 102 Å². The summed E-state index contributed by atoms with van der Waals surface area (Å²) in [6.45, 7) is 0. The largest absolute Gasteiger partial charge is 0.278 e. The minimum absolute atomic E-state index is 0.0266. The van der Waals surface area contributed by atoms with Gasteiger partial charge in [-0.25, -0.2) is 4.39 Å². The monoisotopic (exact) mass is 275 g/mol. The zero-order valence-electron chi connectivity index (χ0n) is 8.31. The summed E-state index contributed by atoms with van der Waals surface area (Å²) < 4.78 is 38.6. The van der Waals surface area contributed by atoms with E-state index < -0.39 is 15.8 Å². The maximum absolute atomic E-state index is 13.0. The fourth-order valence-corrected chi connectivity index (χ4v) is 2.37. The predicted molar refractivity (Wildman–Crippen MR) is 60.8 cm³/mol. The van der Waals surface area contributed by atoms with Crippen molar-refractivity contribution in [2.75, 3.05) is 4.72 Å². The number of benzene rings is 1. The van der Waals surface area contributed by atoms with Gasteiger partial charge in [0.05, 0.1) is 16.9 Å². The van der Waals surface area contributed by atoms with Gasteiger partial charge in [-0.3, -0.25) is 9.82 Å². The molecule has 0 bridgehead atoms. The first-order chi connectivity index (χ1) is 7.99. The average Bonchev–Trinajstić information content (AvgIpc) is 2.77. The van der Waals surface area contributed by atoms with E-state index in [1.54, 1.807) is 0 Å². The van der Waals surface area contributed by atoms with E-state index in [1.807, 2.05) is 0 Å². The van der Waals surface area contributed by atoms with Crippen LogP contribution >= 0.6 is 11.6 Å². The van der Waals surface area contributed by atoms with Gasteiger partial charge in [0, 0.05) is 0 Å². The molecule has 0 saturated heterocycles. The lowest BCUT2D eigenvalue weighted by atomic mass is 10.3. The number of nitrogens with one attached hydrogen (secondary N) is 2. The summed E-state index contributed by atoms with van der Waals surface area (Å²) in [5.74, 6) is -0.586. The van der Waals surface area contributed by atoms with E-state index in [2.05, 4.69) is 14.9 Å². The smallest absolute Gasteiger partial charge is 0.277 e. The van der Waals surface area contributed by atoms with Gasteiger partial charge in [-0.15, -0.1) is 0 Å². The van der Waals surface area contributed by atoms with Crippen LogP contribution in [-0.4, -0.2) is 18.6 Å². The lowest BCUT2D eigenvalue weighted by Crippen LogP contribution is -2.13. The van der Waals surface area contributed by atoms with Gasteiger partial charge in [-0.1, -0.05) is 11.6 Å². The van der Waals surface area contributed by atoms with Crippen LogP contribution in [0.3, 0.4) is 0 Å². The maximum Gasteiger partial charge on any atom is 0.278 e. The van der Waals surface area contributed by atoms with Crippen molar-refractivity contribution in [1.82, 2.24) is 10.2 Å². The van der Waals surface area contributed by atoms with Crippen LogP contribution in [0.1, 0.15) is 0 Å². The standard InChI is InChI=1S/C9H7ClFN3O2S/c10-7-2-1-6(11)5-8(7)14-17(15,16)9-3-4-12-13-9/h1-5,14H,(H,12,13). The minimum Gasteiger partial charge on any atom is -0.277 e. The number of hydrogen-bond donors (Lipinski definition) is 2. The van der Waals surface area contributed by atoms with Crippen LogP contribution in [0.25, 0.3) is 0 Å². The van der Waals surface area contributed by atoms with Crippen molar-refractivity contribution in [2.45, 2.75) is 5.03 Å². The summed E-state index contributed by atoms with van der Waals surface area (Å²) >= 11 is 5.74. The van der Waals surface area contributed by atoms with Crippen molar-refractivity contribution < 1.29 is 12.8 Å². The van der Waals surface area contributed by atoms with Gasteiger partial charge < -0.3 is 0 Å². The number of halogens is 2. The van der Waals surface area contributed by atoms with Crippen molar-refractivity contribution >= 4 is 27.3 Å². The zero-order chi connectivity index (χ0) is 12.5. The highest BCUT2D eigenvalue weighted by Crippen LogP contribution is 2.24. The molecule has 0 spiro atoms. The van der Waals surface area contributed by atoms with Gasteiger partial charge in [-0.05, 0) is 24.3 Å². The Bertz CT molecular complexity index is 628. The van der Waals surface area contributed by atoms with E-state index in [9.17, 15) is 12.8 Å². The SMILES string of the molecule is O=S(=O)(Nc1cc(F)ccc1Cl)c1ccn[nH]1. The molecule has 0 fully saturated rings. The fourth-order valence-electron chi connectivity index (χ4n) is 1.17. The van der Waals surface area contributed by atoms with Gasteiger partial charge >= 0.3 is 0 Å². The number of hydrogen-bond acceptors (Lipinski definition) is 3. The molecule has 5 nitrogen and oxygen atoms in total. The van der Waals surface area contributed by atoms with Gasteiger partial charge in [0.25, 0.3) is 10.0 Å². The molecule has 0 aliphatic rings. The van der Waals surface area contributed by atoms with Crippen LogP contribution in [0.2, 0.25) is 5.02 Å². The summed E-state index contributed by atoms with van der Waals surface area (Å²) in [4.78, 5) is 0. The number of anilines is 1. The summed E-state index contributed by atoms with van der Waals surface area (Å²) in [6, 6.07) is 4.67. The highest BCUT2D eigenvalue weighted by molar-refractivity contribution is 7.92. The molecule has 1 aromatic heterocycles. The molecule has 0 amide bonds. The second kappa shape index (κ2) is 4.34. The first kappa shape index (κ1) is 11.9. The third kappa shape index (κ3) is 2.56. The van der Waals surface area contributed by atoms with E-state index in [0.717, 1.165) is 12.1 Å². The number of H-pyrrole nitrogens is 1. The van der Waals surface area contributed by atoms with E-state index in [0.29, 0.717) is 0 Å². The Morgan fingerprint density at radius 1 is 1.35 bits per heavy atom. The van der Waals surface area contributed by atoms with E-state index >= 15 is 0 Å². The first-order valence-electron chi connectivity index (χ1n) is 4.46. The van der Waals surface area contributed by atoms with Crippen LogP contribution < -0.4 is 4.72 Å². The summed E-state index contributed by atoms with van der Waals surface area (Å²) in [5.41, 5.74) is -0.0266. The number of aromatic amines is 1. The number of sulfonamides is 1. The highest BCUT2D eigenvalue weighted by Gasteiger charge is 2.17. The van der Waals surface area contributed by atoms with Crippen molar-refractivity contribution in [2.24, 2.45) is 0 Å². The summed E-state index contributed by atoms with van der Waals surface area (Å²) in [5, 5.41) is 5.79. The Morgan fingerprint density at radius 3 is 2.76 bits per heavy atom. The lowest BCUT2D eigenvalue weighted by molar-refractivity contribution is 0.597. The van der Waals surface area contributed by atoms with Crippen molar-refractivity contribution in [3.63, 3.8) is 0 Å². The molecule has 0 atom stereocenters. The zero-order valence-corrected chi connectivity index (χ0v) is 9.89. The van der Waals surface area contributed by atoms with Crippen LogP contribution in [0.15, 0.2) is 35.5 Å². The molecule has 0 unspecified atom stereocenters. The van der Waals surface area contributed by atoms with E-state index in [1.165, 1.54) is 18.3 Å². The molecule has 8 heteroatoms. The molecule has 2 rings (SSSR count). The van der Waals surface area contributed by atoms with Gasteiger partial charge in [0.2, 0.25) is 0 Å². The number of rotatable bonds is 3. The molecular weight excluding hydrogens is 269 g/mol. The van der Waals surface area contributed by atoms with Gasteiger partial charge in [0.1, 0.15) is 5.82 Å². The van der Waals surface area contributed by atoms with Crippen LogP contribution in [0, 0.1) is 5.82 Å². The van der Waals surface area contributed by atoms with Crippen LogP contribution in [-0.2, 0) is 10.0 Å². The third-order valence-corrected chi connectivity index (χ3v) is 3.56. The fraction of sp³-hybridized carbons (Fsp3) is 0. The maximum atomic E-state index is 13.0. The minimum atomic E-state index is -3.83. The molecule has 17 heavy (non-hydrogen) atoms. The molecule has 2 aromatic rings. The summed E-state index contributed by atoms with van der Waals surface area (Å²) in [6.07, 6.45) is 1.29. The van der Waals surface area contributed by atoms with E-state index in [4.69, 9.17) is 11.6 Å². The quantitative estimate of drug-likeness (QED) is 0.900.